The number of methoxy groups -OCH3 is 2. The van der Waals surface area contributed by atoms with Gasteiger partial charge in [-0.15, -0.1) is 11.3 Å². The van der Waals surface area contributed by atoms with Crippen molar-refractivity contribution in [3.8, 4) is 22.6 Å². The fraction of sp³-hybridized carbons (Fsp3) is 0.280. The van der Waals surface area contributed by atoms with Crippen molar-refractivity contribution >= 4 is 33.1 Å². The molecule has 5 rings (SSSR count). The highest BCUT2D eigenvalue weighted by Crippen LogP contribution is 2.39. The van der Waals surface area contributed by atoms with Crippen LogP contribution in [0.15, 0.2) is 53.9 Å². The number of ether oxygens (including phenoxy) is 2. The number of nitrogens with zero attached hydrogens (tertiary/aromatic N) is 4. The van der Waals surface area contributed by atoms with Crippen LogP contribution < -0.4 is 19.3 Å². The average Bonchev–Trinajstić information content (AvgIpc) is 3.27. The van der Waals surface area contributed by atoms with Gasteiger partial charge in [-0.25, -0.2) is 9.97 Å². The Morgan fingerprint density at radius 2 is 1.56 bits per heavy atom. The van der Waals surface area contributed by atoms with Gasteiger partial charge < -0.3 is 19.3 Å². The highest BCUT2D eigenvalue weighted by molar-refractivity contribution is 7.17. The Morgan fingerprint density at radius 3 is 2.28 bits per heavy atom. The largest absolute Gasteiger partial charge is 0.497 e. The maximum absolute atomic E-state index is 5.57. The van der Waals surface area contributed by atoms with Gasteiger partial charge in [0.1, 0.15) is 28.0 Å². The molecule has 2 aromatic heterocycles. The lowest BCUT2D eigenvalue weighted by atomic mass is 10.1. The van der Waals surface area contributed by atoms with E-state index in [0.29, 0.717) is 0 Å². The molecule has 0 aliphatic carbocycles. The van der Waals surface area contributed by atoms with Crippen LogP contribution in [0.5, 0.6) is 11.5 Å². The zero-order valence-electron chi connectivity index (χ0n) is 18.5. The Kier molecular flexibility index (Phi) is 5.57. The first-order chi connectivity index (χ1) is 15.7. The number of aromatic nitrogens is 2. The zero-order chi connectivity index (χ0) is 22.1. The minimum absolute atomic E-state index is 0.808. The van der Waals surface area contributed by atoms with E-state index < -0.39 is 0 Å². The number of para-hydroxylation sites is 2. The van der Waals surface area contributed by atoms with Gasteiger partial charge in [0.2, 0.25) is 0 Å². The Morgan fingerprint density at radius 1 is 0.844 bits per heavy atom. The van der Waals surface area contributed by atoms with E-state index in [1.165, 1.54) is 5.56 Å². The van der Waals surface area contributed by atoms with Crippen molar-refractivity contribution in [1.29, 1.82) is 0 Å². The number of rotatable bonds is 5. The summed E-state index contributed by atoms with van der Waals surface area (Å²) in [6.45, 7) is 5.57. The van der Waals surface area contributed by atoms with Crippen molar-refractivity contribution in [1.82, 2.24) is 9.97 Å². The van der Waals surface area contributed by atoms with Crippen LogP contribution in [0.4, 0.5) is 11.5 Å². The molecule has 1 fully saturated rings. The summed E-state index contributed by atoms with van der Waals surface area (Å²) in [7, 11) is 3.42. The third-order valence-electron chi connectivity index (χ3n) is 5.93. The molecule has 1 saturated heterocycles. The van der Waals surface area contributed by atoms with Crippen LogP contribution in [0.1, 0.15) is 5.82 Å². The van der Waals surface area contributed by atoms with E-state index in [2.05, 4.69) is 39.4 Å². The van der Waals surface area contributed by atoms with Crippen LogP contribution in [0.2, 0.25) is 0 Å². The predicted molar refractivity (Wildman–Crippen MR) is 132 cm³/mol. The Hall–Kier alpha value is -3.32. The normalized spacial score (nSPS) is 14.1. The molecule has 6 nitrogen and oxygen atoms in total. The topological polar surface area (TPSA) is 50.7 Å². The van der Waals surface area contributed by atoms with Crippen molar-refractivity contribution in [3.63, 3.8) is 0 Å². The monoisotopic (exact) mass is 446 g/mol. The molecule has 4 aromatic rings. The summed E-state index contributed by atoms with van der Waals surface area (Å²) in [5.74, 6) is 3.61. The van der Waals surface area contributed by atoms with Gasteiger partial charge in [-0.1, -0.05) is 24.3 Å². The maximum Gasteiger partial charge on any atom is 0.142 e. The van der Waals surface area contributed by atoms with E-state index in [4.69, 9.17) is 19.4 Å². The third-order valence-corrected chi connectivity index (χ3v) is 6.80. The standard InChI is InChI=1S/C25H26N4O2S/c1-17-26-24(29-14-12-28(13-15-29)21-6-4-5-7-22(21)31-3)23-20(16-32-25(23)27-17)18-8-10-19(30-2)11-9-18/h4-11,16H,12-15H2,1-3H3. The molecule has 1 aliphatic heterocycles. The predicted octanol–water partition coefficient (Wildman–Crippen LogP) is 5.01. The fourth-order valence-corrected chi connectivity index (χ4v) is 5.28. The molecule has 3 heterocycles. The van der Waals surface area contributed by atoms with Crippen LogP contribution in [0.3, 0.4) is 0 Å². The highest BCUT2D eigenvalue weighted by atomic mass is 32.1. The first kappa shape index (κ1) is 20.6. The summed E-state index contributed by atoms with van der Waals surface area (Å²) >= 11 is 1.68. The smallest absolute Gasteiger partial charge is 0.142 e. The molecule has 0 amide bonds. The summed E-state index contributed by atoms with van der Waals surface area (Å²) in [5, 5.41) is 3.33. The number of hydrogen-bond donors (Lipinski definition) is 0. The Balaban J connectivity index is 1.47. The van der Waals surface area contributed by atoms with Crippen molar-refractivity contribution in [2.45, 2.75) is 6.92 Å². The molecular weight excluding hydrogens is 420 g/mol. The van der Waals surface area contributed by atoms with E-state index in [1.54, 1.807) is 25.6 Å². The second-order valence-electron chi connectivity index (χ2n) is 7.80. The molecule has 0 atom stereocenters. The molecular formula is C25H26N4O2S. The first-order valence-corrected chi connectivity index (χ1v) is 11.6. The second-order valence-corrected chi connectivity index (χ2v) is 8.66. The maximum atomic E-state index is 5.57. The van der Waals surface area contributed by atoms with Crippen LogP contribution in [0, 0.1) is 6.92 Å². The number of benzene rings is 2. The molecule has 0 saturated carbocycles. The van der Waals surface area contributed by atoms with E-state index in [0.717, 1.165) is 70.8 Å². The Bertz CT molecular complexity index is 1230. The molecule has 0 unspecified atom stereocenters. The van der Waals surface area contributed by atoms with Crippen LogP contribution in [-0.4, -0.2) is 50.4 Å². The summed E-state index contributed by atoms with van der Waals surface area (Å²) < 4.78 is 10.9. The number of anilines is 2. The Labute approximate surface area is 192 Å². The highest BCUT2D eigenvalue weighted by Gasteiger charge is 2.24. The molecule has 7 heteroatoms. The lowest BCUT2D eigenvalue weighted by Crippen LogP contribution is -2.47. The number of fused-ring (bicyclic) bond motifs is 1. The van der Waals surface area contributed by atoms with Gasteiger partial charge in [0.15, 0.2) is 0 Å². The van der Waals surface area contributed by atoms with Crippen LogP contribution in [0.25, 0.3) is 21.3 Å². The summed E-state index contributed by atoms with van der Waals surface area (Å²) in [6, 6.07) is 16.4. The summed E-state index contributed by atoms with van der Waals surface area (Å²) in [4.78, 5) is 15.4. The quantitative estimate of drug-likeness (QED) is 0.430. The van der Waals surface area contributed by atoms with E-state index in [-0.39, 0.29) is 0 Å². The second kappa shape index (κ2) is 8.67. The molecule has 32 heavy (non-hydrogen) atoms. The lowest BCUT2D eigenvalue weighted by Gasteiger charge is -2.37. The minimum Gasteiger partial charge on any atom is -0.497 e. The molecule has 0 radical (unpaired) electrons. The molecule has 164 valence electrons. The van der Waals surface area contributed by atoms with Crippen molar-refractivity contribution < 1.29 is 9.47 Å². The molecule has 0 N–H and O–H groups in total. The first-order valence-electron chi connectivity index (χ1n) is 10.7. The molecule has 0 bridgehead atoms. The zero-order valence-corrected chi connectivity index (χ0v) is 19.4. The van der Waals surface area contributed by atoms with Gasteiger partial charge in [0.25, 0.3) is 0 Å². The molecule has 0 spiro atoms. The van der Waals surface area contributed by atoms with Crippen molar-refractivity contribution in [2.75, 3.05) is 50.2 Å². The minimum atomic E-state index is 0.808. The number of thiophene rings is 1. The van der Waals surface area contributed by atoms with Crippen LogP contribution in [-0.2, 0) is 0 Å². The average molecular weight is 447 g/mol. The SMILES string of the molecule is COc1ccc(-c2csc3nc(C)nc(N4CCN(c5ccccc5OC)CC4)c23)cc1. The number of hydrogen-bond acceptors (Lipinski definition) is 7. The van der Waals surface area contributed by atoms with Gasteiger partial charge >= 0.3 is 0 Å². The van der Waals surface area contributed by atoms with Crippen molar-refractivity contribution in [2.24, 2.45) is 0 Å². The van der Waals surface area contributed by atoms with Crippen LogP contribution >= 0.6 is 11.3 Å². The summed E-state index contributed by atoms with van der Waals surface area (Å²) in [6.07, 6.45) is 0. The van der Waals surface area contributed by atoms with Gasteiger partial charge in [-0.3, -0.25) is 0 Å². The number of aryl methyl sites for hydroxylation is 1. The number of piperazine rings is 1. The van der Waals surface area contributed by atoms with E-state index in [9.17, 15) is 0 Å². The molecule has 2 aromatic carbocycles. The van der Waals surface area contributed by atoms with E-state index >= 15 is 0 Å². The van der Waals surface area contributed by atoms with Gasteiger partial charge in [0, 0.05) is 37.1 Å². The fourth-order valence-electron chi connectivity index (χ4n) is 4.29. The summed E-state index contributed by atoms with van der Waals surface area (Å²) in [5.41, 5.74) is 3.47. The van der Waals surface area contributed by atoms with Crippen molar-refractivity contribution in [3.05, 3.63) is 59.7 Å². The van der Waals surface area contributed by atoms with E-state index in [1.807, 2.05) is 31.2 Å². The lowest BCUT2D eigenvalue weighted by molar-refractivity contribution is 0.413. The van der Waals surface area contributed by atoms with Gasteiger partial charge in [-0.2, -0.15) is 0 Å². The van der Waals surface area contributed by atoms with Gasteiger partial charge in [0.05, 0.1) is 25.3 Å². The molecule has 1 aliphatic rings. The van der Waals surface area contributed by atoms with Gasteiger partial charge in [-0.05, 0) is 36.8 Å². The third kappa shape index (κ3) is 3.73.